The second-order valence-corrected chi connectivity index (χ2v) is 4.72. The minimum absolute atomic E-state index is 1.22. The molecule has 0 aromatic heterocycles. The third kappa shape index (κ3) is 7.79. The summed E-state index contributed by atoms with van der Waals surface area (Å²) in [7, 11) is 0. The van der Waals surface area contributed by atoms with Crippen LogP contribution in [0, 0.1) is 0 Å². The molecule has 0 aliphatic rings. The molecule has 17 heavy (non-hydrogen) atoms. The van der Waals surface area contributed by atoms with E-state index in [1.807, 2.05) is 0 Å². The molecule has 0 amide bonds. The largest absolute Gasteiger partial charge is 0.0839 e. The van der Waals surface area contributed by atoms with Crippen molar-refractivity contribution in [3.63, 3.8) is 0 Å². The van der Waals surface area contributed by atoms with Gasteiger partial charge in [0.15, 0.2) is 0 Å². The summed E-state index contributed by atoms with van der Waals surface area (Å²) in [5.41, 5.74) is 1.32. The number of hydrogen-bond acceptors (Lipinski definition) is 0. The standard InChI is InChI=1S/C17H26/c1-2-3-4-5-6-7-8-9-11-14-17-15-12-10-13-16-17/h10-16H,2-9H2,1H3/b14-11-. The maximum absolute atomic E-state index is 2.31. The van der Waals surface area contributed by atoms with Crippen molar-refractivity contribution in [2.24, 2.45) is 0 Å². The first kappa shape index (κ1) is 14.0. The molecular formula is C17H26. The molecule has 0 bridgehead atoms. The van der Waals surface area contributed by atoms with Crippen LogP contribution in [0.4, 0.5) is 0 Å². The Morgan fingerprint density at radius 3 is 2.18 bits per heavy atom. The van der Waals surface area contributed by atoms with Crippen LogP contribution in [0.5, 0.6) is 0 Å². The van der Waals surface area contributed by atoms with Crippen molar-refractivity contribution in [1.82, 2.24) is 0 Å². The Hall–Kier alpha value is -1.04. The lowest BCUT2D eigenvalue weighted by molar-refractivity contribution is 0.592. The molecule has 0 heteroatoms. The lowest BCUT2D eigenvalue weighted by Crippen LogP contribution is -1.79. The van der Waals surface area contributed by atoms with Gasteiger partial charge in [-0.15, -0.1) is 0 Å². The molecule has 0 saturated carbocycles. The highest BCUT2D eigenvalue weighted by Gasteiger charge is 1.89. The second kappa shape index (κ2) is 10.1. The maximum Gasteiger partial charge on any atom is -0.0260 e. The van der Waals surface area contributed by atoms with E-state index in [0.29, 0.717) is 0 Å². The Balaban J connectivity index is 1.95. The number of unbranched alkanes of at least 4 members (excludes halogenated alkanes) is 7. The minimum atomic E-state index is 1.22. The van der Waals surface area contributed by atoms with Gasteiger partial charge in [0.1, 0.15) is 0 Å². The number of benzene rings is 1. The van der Waals surface area contributed by atoms with Crippen LogP contribution in [0.15, 0.2) is 36.4 Å². The van der Waals surface area contributed by atoms with Crippen molar-refractivity contribution in [2.45, 2.75) is 58.3 Å². The highest BCUT2D eigenvalue weighted by atomic mass is 14.0. The number of allylic oxidation sites excluding steroid dienone is 1. The molecule has 1 rings (SSSR count). The highest BCUT2D eigenvalue weighted by molar-refractivity contribution is 5.48. The summed E-state index contributed by atoms with van der Waals surface area (Å²) in [4.78, 5) is 0. The lowest BCUT2D eigenvalue weighted by atomic mass is 10.1. The van der Waals surface area contributed by atoms with Crippen molar-refractivity contribution in [1.29, 1.82) is 0 Å². The first-order valence-electron chi connectivity index (χ1n) is 7.15. The van der Waals surface area contributed by atoms with E-state index in [4.69, 9.17) is 0 Å². The van der Waals surface area contributed by atoms with Crippen LogP contribution in [0.3, 0.4) is 0 Å². The predicted octanol–water partition coefficient (Wildman–Crippen LogP) is 5.84. The van der Waals surface area contributed by atoms with Crippen LogP contribution >= 0.6 is 0 Å². The molecule has 0 atom stereocenters. The van der Waals surface area contributed by atoms with Gasteiger partial charge in [-0.2, -0.15) is 0 Å². The molecule has 1 aromatic carbocycles. The molecule has 0 heterocycles. The fourth-order valence-corrected chi connectivity index (χ4v) is 2.00. The van der Waals surface area contributed by atoms with Crippen LogP contribution in [-0.4, -0.2) is 0 Å². The summed E-state index contributed by atoms with van der Waals surface area (Å²) in [5, 5.41) is 0. The summed E-state index contributed by atoms with van der Waals surface area (Å²) >= 11 is 0. The van der Waals surface area contributed by atoms with Gasteiger partial charge in [-0.25, -0.2) is 0 Å². The van der Waals surface area contributed by atoms with E-state index in [1.54, 1.807) is 0 Å². The summed E-state index contributed by atoms with van der Waals surface area (Å²) in [6, 6.07) is 10.6. The highest BCUT2D eigenvalue weighted by Crippen LogP contribution is 2.09. The Labute approximate surface area is 107 Å². The zero-order chi connectivity index (χ0) is 12.2. The molecule has 94 valence electrons. The molecule has 0 unspecified atom stereocenters. The van der Waals surface area contributed by atoms with E-state index < -0.39 is 0 Å². The Bertz CT molecular complexity index is 284. The van der Waals surface area contributed by atoms with E-state index >= 15 is 0 Å². The van der Waals surface area contributed by atoms with Gasteiger partial charge in [-0.1, -0.05) is 87.9 Å². The summed E-state index contributed by atoms with van der Waals surface area (Å²) in [6.45, 7) is 2.27. The van der Waals surface area contributed by atoms with Gasteiger partial charge in [0.05, 0.1) is 0 Å². The number of rotatable bonds is 9. The maximum atomic E-state index is 2.31. The normalized spacial score (nSPS) is 11.1. The zero-order valence-electron chi connectivity index (χ0n) is 11.2. The van der Waals surface area contributed by atoms with E-state index in [-0.39, 0.29) is 0 Å². The van der Waals surface area contributed by atoms with E-state index in [1.165, 1.54) is 56.9 Å². The van der Waals surface area contributed by atoms with Crippen molar-refractivity contribution in [3.05, 3.63) is 42.0 Å². The molecule has 0 spiro atoms. The first-order valence-corrected chi connectivity index (χ1v) is 7.15. The summed E-state index contributed by atoms with van der Waals surface area (Å²) in [5.74, 6) is 0. The smallest absolute Gasteiger partial charge is 0.0260 e. The quantitative estimate of drug-likeness (QED) is 0.467. The zero-order valence-corrected chi connectivity index (χ0v) is 11.2. The van der Waals surface area contributed by atoms with Crippen LogP contribution in [0.1, 0.15) is 63.9 Å². The topological polar surface area (TPSA) is 0 Å². The van der Waals surface area contributed by atoms with Crippen molar-refractivity contribution in [3.8, 4) is 0 Å². The average molecular weight is 230 g/mol. The fraction of sp³-hybridized carbons (Fsp3) is 0.529. The van der Waals surface area contributed by atoms with Crippen LogP contribution in [0.2, 0.25) is 0 Å². The lowest BCUT2D eigenvalue weighted by Gasteiger charge is -1.98. The van der Waals surface area contributed by atoms with Crippen LogP contribution in [0.25, 0.3) is 6.08 Å². The van der Waals surface area contributed by atoms with Gasteiger partial charge in [0, 0.05) is 0 Å². The monoisotopic (exact) mass is 230 g/mol. The molecule has 0 saturated heterocycles. The minimum Gasteiger partial charge on any atom is -0.0839 e. The third-order valence-electron chi connectivity index (χ3n) is 3.08. The van der Waals surface area contributed by atoms with Gasteiger partial charge in [0.2, 0.25) is 0 Å². The molecule has 0 nitrogen and oxygen atoms in total. The molecule has 0 fully saturated rings. The number of hydrogen-bond donors (Lipinski definition) is 0. The van der Waals surface area contributed by atoms with Crippen molar-refractivity contribution < 1.29 is 0 Å². The molecule has 1 aromatic rings. The summed E-state index contributed by atoms with van der Waals surface area (Å²) < 4.78 is 0. The Kier molecular flexibility index (Phi) is 8.36. The summed E-state index contributed by atoms with van der Waals surface area (Å²) in [6.07, 6.45) is 15.5. The van der Waals surface area contributed by atoms with E-state index in [9.17, 15) is 0 Å². The van der Waals surface area contributed by atoms with Gasteiger partial charge in [-0.05, 0) is 18.4 Å². The molecular weight excluding hydrogens is 204 g/mol. The molecule has 0 aliphatic carbocycles. The molecule has 0 radical (unpaired) electrons. The van der Waals surface area contributed by atoms with Gasteiger partial charge >= 0.3 is 0 Å². The van der Waals surface area contributed by atoms with Crippen molar-refractivity contribution in [2.75, 3.05) is 0 Å². The van der Waals surface area contributed by atoms with Gasteiger partial charge < -0.3 is 0 Å². The van der Waals surface area contributed by atoms with Crippen LogP contribution in [-0.2, 0) is 0 Å². The Morgan fingerprint density at radius 1 is 0.824 bits per heavy atom. The van der Waals surface area contributed by atoms with Crippen LogP contribution < -0.4 is 0 Å². The Morgan fingerprint density at radius 2 is 1.47 bits per heavy atom. The fourth-order valence-electron chi connectivity index (χ4n) is 2.00. The predicted molar refractivity (Wildman–Crippen MR) is 78.1 cm³/mol. The second-order valence-electron chi connectivity index (χ2n) is 4.72. The van der Waals surface area contributed by atoms with Gasteiger partial charge in [-0.3, -0.25) is 0 Å². The van der Waals surface area contributed by atoms with Gasteiger partial charge in [0.25, 0.3) is 0 Å². The van der Waals surface area contributed by atoms with E-state index in [0.717, 1.165) is 0 Å². The first-order chi connectivity index (χ1) is 8.43. The SMILES string of the molecule is CCCCCCCCC/C=C\c1ccccc1. The molecule has 0 N–H and O–H groups in total. The molecule has 0 aliphatic heterocycles. The average Bonchev–Trinajstić information content (AvgIpc) is 2.38. The third-order valence-corrected chi connectivity index (χ3v) is 3.08. The van der Waals surface area contributed by atoms with E-state index in [2.05, 4.69) is 49.4 Å². The van der Waals surface area contributed by atoms with Crippen molar-refractivity contribution >= 4 is 6.08 Å².